The van der Waals surface area contributed by atoms with Crippen molar-refractivity contribution < 1.29 is 14.1 Å². The lowest BCUT2D eigenvalue weighted by molar-refractivity contribution is -0.140. The number of carbonyl (C=O) groups is 2. The zero-order valence-electron chi connectivity index (χ0n) is 15.3. The van der Waals surface area contributed by atoms with Crippen LogP contribution in [-0.2, 0) is 16.1 Å². The maximum Gasteiger partial charge on any atom is 0.228 e. The van der Waals surface area contributed by atoms with E-state index < -0.39 is 0 Å². The summed E-state index contributed by atoms with van der Waals surface area (Å²) in [5.74, 6) is 0.964. The molecule has 3 aliphatic heterocycles. The molecule has 6 nitrogen and oxygen atoms in total. The predicted octanol–water partition coefficient (Wildman–Crippen LogP) is 2.60. The van der Waals surface area contributed by atoms with Crippen LogP contribution >= 0.6 is 0 Å². The van der Waals surface area contributed by atoms with E-state index in [0.29, 0.717) is 26.1 Å². The van der Waals surface area contributed by atoms with Gasteiger partial charge in [-0.2, -0.15) is 0 Å². The minimum absolute atomic E-state index is 0.0825. The molecule has 0 aliphatic carbocycles. The van der Waals surface area contributed by atoms with Crippen molar-refractivity contribution in [1.82, 2.24) is 15.0 Å². The zero-order valence-corrected chi connectivity index (χ0v) is 15.3. The molecule has 0 aromatic carbocycles. The molecule has 4 heterocycles. The Morgan fingerprint density at radius 1 is 1.28 bits per heavy atom. The number of allylic oxidation sites excluding steroid dienone is 1. The van der Waals surface area contributed by atoms with Gasteiger partial charge in [0.25, 0.3) is 0 Å². The van der Waals surface area contributed by atoms with Crippen LogP contribution < -0.4 is 0 Å². The summed E-state index contributed by atoms with van der Waals surface area (Å²) >= 11 is 0. The van der Waals surface area contributed by atoms with Crippen LogP contribution in [0.3, 0.4) is 0 Å². The van der Waals surface area contributed by atoms with Gasteiger partial charge in [-0.3, -0.25) is 9.59 Å². The maximum absolute atomic E-state index is 12.9. The molecule has 6 heteroatoms. The first kappa shape index (κ1) is 17.7. The number of aryl methyl sites for hydroxylation is 2. The van der Waals surface area contributed by atoms with Gasteiger partial charge in [-0.05, 0) is 33.1 Å². The Bertz CT molecular complexity index is 660. The molecule has 0 saturated carbocycles. The number of rotatable bonds is 5. The van der Waals surface area contributed by atoms with Gasteiger partial charge >= 0.3 is 0 Å². The van der Waals surface area contributed by atoms with Crippen molar-refractivity contribution in [3.8, 4) is 0 Å². The number of piperidine rings is 1. The Hall–Kier alpha value is -2.11. The first-order valence-corrected chi connectivity index (χ1v) is 9.16. The summed E-state index contributed by atoms with van der Waals surface area (Å²) in [6.45, 7) is 7.54. The van der Waals surface area contributed by atoms with Crippen LogP contribution in [0.15, 0.2) is 16.7 Å². The number of amides is 2. The van der Waals surface area contributed by atoms with Crippen LogP contribution in [0.25, 0.3) is 0 Å². The highest BCUT2D eigenvalue weighted by Crippen LogP contribution is 2.31. The van der Waals surface area contributed by atoms with Crippen LogP contribution in [0.4, 0.5) is 0 Å². The fourth-order valence-electron chi connectivity index (χ4n) is 3.83. The molecule has 0 spiro atoms. The van der Waals surface area contributed by atoms with Gasteiger partial charge in [-0.25, -0.2) is 0 Å². The molecule has 2 atom stereocenters. The van der Waals surface area contributed by atoms with Gasteiger partial charge < -0.3 is 14.3 Å². The number of hydrogen-bond acceptors (Lipinski definition) is 4. The van der Waals surface area contributed by atoms with E-state index in [0.717, 1.165) is 36.3 Å². The Balaban J connectivity index is 1.75. The lowest BCUT2D eigenvalue weighted by Gasteiger charge is -2.35. The van der Waals surface area contributed by atoms with Gasteiger partial charge in [0.05, 0.1) is 18.2 Å². The van der Waals surface area contributed by atoms with Crippen LogP contribution in [0.5, 0.6) is 0 Å². The second-order valence-corrected chi connectivity index (χ2v) is 7.08. The fraction of sp³-hybridized carbons (Fsp3) is 0.632. The van der Waals surface area contributed by atoms with E-state index in [9.17, 15) is 9.59 Å². The minimum atomic E-state index is -0.0849. The zero-order chi connectivity index (χ0) is 18.0. The summed E-state index contributed by atoms with van der Waals surface area (Å²) in [7, 11) is 0. The van der Waals surface area contributed by atoms with Crippen molar-refractivity contribution in [2.75, 3.05) is 13.1 Å². The average molecular weight is 345 g/mol. The number of nitrogens with zero attached hydrogens (tertiary/aromatic N) is 3. The lowest BCUT2D eigenvalue weighted by atomic mass is 9.93. The summed E-state index contributed by atoms with van der Waals surface area (Å²) in [4.78, 5) is 29.2. The summed E-state index contributed by atoms with van der Waals surface area (Å²) in [5.41, 5.74) is 1.83. The van der Waals surface area contributed by atoms with E-state index in [4.69, 9.17) is 4.52 Å². The molecule has 3 aliphatic rings. The maximum atomic E-state index is 12.9. The van der Waals surface area contributed by atoms with E-state index in [1.807, 2.05) is 35.8 Å². The second kappa shape index (κ2) is 7.42. The molecule has 0 radical (unpaired) electrons. The summed E-state index contributed by atoms with van der Waals surface area (Å²) < 4.78 is 5.24. The molecule has 0 unspecified atom stereocenters. The van der Waals surface area contributed by atoms with E-state index in [-0.39, 0.29) is 23.8 Å². The molecule has 4 rings (SSSR count). The van der Waals surface area contributed by atoms with E-state index in [2.05, 4.69) is 12.1 Å². The van der Waals surface area contributed by atoms with Crippen LogP contribution in [0.1, 0.15) is 49.6 Å². The van der Waals surface area contributed by atoms with E-state index in [1.54, 1.807) is 0 Å². The smallest absolute Gasteiger partial charge is 0.228 e. The number of hydrogen-bond donors (Lipinski definition) is 0. The van der Waals surface area contributed by atoms with Crippen molar-refractivity contribution >= 4 is 11.8 Å². The van der Waals surface area contributed by atoms with Gasteiger partial charge in [-0.15, -0.1) is 0 Å². The first-order chi connectivity index (χ1) is 12.0. The van der Waals surface area contributed by atoms with Crippen molar-refractivity contribution in [3.63, 3.8) is 0 Å². The van der Waals surface area contributed by atoms with Crippen LogP contribution in [0, 0.1) is 19.8 Å². The normalized spacial score (nSPS) is 23.6. The Morgan fingerprint density at radius 2 is 2.08 bits per heavy atom. The summed E-state index contributed by atoms with van der Waals surface area (Å²) in [6.07, 6.45) is 7.12. The predicted molar refractivity (Wildman–Crippen MR) is 93.7 cm³/mol. The Kier molecular flexibility index (Phi) is 5.25. The van der Waals surface area contributed by atoms with Gasteiger partial charge in [0.1, 0.15) is 5.76 Å². The lowest BCUT2D eigenvalue weighted by Crippen LogP contribution is -2.47. The summed E-state index contributed by atoms with van der Waals surface area (Å²) in [5, 5.41) is 3.99. The highest BCUT2D eigenvalue weighted by atomic mass is 16.5. The van der Waals surface area contributed by atoms with Gasteiger partial charge in [0.15, 0.2) is 0 Å². The highest BCUT2D eigenvalue weighted by molar-refractivity contribution is 5.83. The molecule has 2 amide bonds. The molecule has 0 N–H and O–H groups in total. The third-order valence-electron chi connectivity index (χ3n) is 5.35. The van der Waals surface area contributed by atoms with Crippen molar-refractivity contribution in [2.45, 2.75) is 59.0 Å². The van der Waals surface area contributed by atoms with Gasteiger partial charge in [0.2, 0.25) is 11.8 Å². The van der Waals surface area contributed by atoms with E-state index in [1.165, 1.54) is 0 Å². The average Bonchev–Trinajstić information content (AvgIpc) is 2.78. The molecule has 3 saturated heterocycles. The molecule has 136 valence electrons. The third-order valence-corrected chi connectivity index (χ3v) is 5.35. The SMILES string of the molecule is CC/C=C/CC(=O)N1C[C@@H]2CC[C@H](C1)N(Cc1c(C)noc1C)C2=O. The first-order valence-electron chi connectivity index (χ1n) is 9.16. The molecule has 1 aromatic rings. The highest BCUT2D eigenvalue weighted by Gasteiger charge is 2.42. The second-order valence-electron chi connectivity index (χ2n) is 7.08. The van der Waals surface area contributed by atoms with Crippen molar-refractivity contribution in [1.29, 1.82) is 0 Å². The largest absolute Gasteiger partial charge is 0.361 e. The third kappa shape index (κ3) is 3.62. The number of aromatic nitrogens is 1. The van der Waals surface area contributed by atoms with Crippen molar-refractivity contribution in [3.05, 3.63) is 29.2 Å². The molecular formula is C19H27N3O3. The topological polar surface area (TPSA) is 66.7 Å². The monoisotopic (exact) mass is 345 g/mol. The molecule has 1 aromatic heterocycles. The fourth-order valence-corrected chi connectivity index (χ4v) is 3.83. The van der Waals surface area contributed by atoms with Gasteiger partial charge in [0, 0.05) is 31.1 Å². The quantitative estimate of drug-likeness (QED) is 0.770. The summed E-state index contributed by atoms with van der Waals surface area (Å²) in [6, 6.07) is 0.0825. The van der Waals surface area contributed by atoms with Crippen LogP contribution in [-0.4, -0.2) is 45.9 Å². The Morgan fingerprint density at radius 3 is 2.76 bits per heavy atom. The van der Waals surface area contributed by atoms with Crippen molar-refractivity contribution in [2.24, 2.45) is 5.92 Å². The number of fused-ring (bicyclic) bond motifs is 4. The molecule has 3 fully saturated rings. The van der Waals surface area contributed by atoms with Gasteiger partial charge in [-0.1, -0.05) is 24.2 Å². The molecular weight excluding hydrogens is 318 g/mol. The molecule has 2 bridgehead atoms. The standard InChI is InChI=1S/C19H27N3O3/c1-4-5-6-7-18(23)21-10-15-8-9-16(11-21)22(19(15)24)12-17-13(2)20-25-14(17)3/h5-6,15-16H,4,7-12H2,1-3H3/b6-5+/t15-,16+/m0/s1. The minimum Gasteiger partial charge on any atom is -0.361 e. The Labute approximate surface area is 148 Å². The number of carbonyl (C=O) groups excluding carboxylic acids is 2. The van der Waals surface area contributed by atoms with E-state index >= 15 is 0 Å². The van der Waals surface area contributed by atoms with Crippen LogP contribution in [0.2, 0.25) is 0 Å². The molecule has 25 heavy (non-hydrogen) atoms.